The SMILES string of the molecule is Cc1c(N)ncnc1OCC1CCOC1. The fraction of sp³-hybridized carbons (Fsp3) is 0.600. The molecule has 1 fully saturated rings. The van der Waals surface area contributed by atoms with E-state index in [1.165, 1.54) is 6.33 Å². The minimum absolute atomic E-state index is 0.473. The van der Waals surface area contributed by atoms with E-state index in [4.69, 9.17) is 15.2 Å². The van der Waals surface area contributed by atoms with Gasteiger partial charge >= 0.3 is 0 Å². The summed E-state index contributed by atoms with van der Waals surface area (Å²) in [6.07, 6.45) is 2.47. The lowest BCUT2D eigenvalue weighted by Gasteiger charge is -2.11. The van der Waals surface area contributed by atoms with Gasteiger partial charge in [0.2, 0.25) is 5.88 Å². The van der Waals surface area contributed by atoms with Gasteiger partial charge in [-0.15, -0.1) is 0 Å². The number of nitrogens with zero attached hydrogens (tertiary/aromatic N) is 2. The average molecular weight is 209 g/mol. The van der Waals surface area contributed by atoms with Crippen molar-refractivity contribution in [1.82, 2.24) is 9.97 Å². The summed E-state index contributed by atoms with van der Waals surface area (Å²) in [6.45, 7) is 4.10. The first-order chi connectivity index (χ1) is 7.27. The van der Waals surface area contributed by atoms with Gasteiger partial charge < -0.3 is 15.2 Å². The number of aromatic nitrogens is 2. The second-order valence-corrected chi connectivity index (χ2v) is 3.73. The fourth-order valence-electron chi connectivity index (χ4n) is 1.50. The second kappa shape index (κ2) is 4.44. The van der Waals surface area contributed by atoms with Gasteiger partial charge in [-0.1, -0.05) is 0 Å². The number of anilines is 1. The van der Waals surface area contributed by atoms with Crippen molar-refractivity contribution in [2.45, 2.75) is 13.3 Å². The van der Waals surface area contributed by atoms with E-state index < -0.39 is 0 Å². The van der Waals surface area contributed by atoms with E-state index in [1.807, 2.05) is 6.92 Å². The third-order valence-electron chi connectivity index (χ3n) is 2.56. The Morgan fingerprint density at radius 1 is 1.60 bits per heavy atom. The molecule has 1 saturated heterocycles. The maximum atomic E-state index is 5.65. The highest BCUT2D eigenvalue weighted by Gasteiger charge is 2.17. The molecule has 0 bridgehead atoms. The first-order valence-electron chi connectivity index (χ1n) is 5.05. The third-order valence-corrected chi connectivity index (χ3v) is 2.56. The maximum absolute atomic E-state index is 5.65. The van der Waals surface area contributed by atoms with Crippen LogP contribution in [0.4, 0.5) is 5.82 Å². The Bertz CT molecular complexity index is 337. The van der Waals surface area contributed by atoms with E-state index in [0.29, 0.717) is 24.2 Å². The van der Waals surface area contributed by atoms with E-state index in [1.54, 1.807) is 0 Å². The fourth-order valence-corrected chi connectivity index (χ4v) is 1.50. The molecule has 0 radical (unpaired) electrons. The molecule has 1 aliphatic rings. The van der Waals surface area contributed by atoms with Crippen LogP contribution in [0.2, 0.25) is 0 Å². The van der Waals surface area contributed by atoms with Crippen molar-refractivity contribution in [2.75, 3.05) is 25.6 Å². The highest BCUT2D eigenvalue weighted by Crippen LogP contribution is 2.20. The highest BCUT2D eigenvalue weighted by molar-refractivity contribution is 5.43. The molecule has 2 heterocycles. The molecule has 2 N–H and O–H groups in total. The van der Waals surface area contributed by atoms with Crippen LogP contribution >= 0.6 is 0 Å². The predicted molar refractivity (Wildman–Crippen MR) is 55.6 cm³/mol. The first-order valence-corrected chi connectivity index (χ1v) is 5.05. The molecule has 15 heavy (non-hydrogen) atoms. The summed E-state index contributed by atoms with van der Waals surface area (Å²) in [7, 11) is 0. The lowest BCUT2D eigenvalue weighted by atomic mass is 10.1. The Morgan fingerprint density at radius 2 is 2.47 bits per heavy atom. The van der Waals surface area contributed by atoms with Crippen molar-refractivity contribution >= 4 is 5.82 Å². The molecule has 1 aromatic heterocycles. The minimum Gasteiger partial charge on any atom is -0.477 e. The Kier molecular flexibility index (Phi) is 3.01. The zero-order valence-corrected chi connectivity index (χ0v) is 8.77. The molecule has 0 spiro atoms. The van der Waals surface area contributed by atoms with Crippen LogP contribution in [-0.4, -0.2) is 29.8 Å². The molecule has 1 atom stereocenters. The van der Waals surface area contributed by atoms with Gasteiger partial charge in [0.15, 0.2) is 0 Å². The number of hydrogen-bond acceptors (Lipinski definition) is 5. The molecule has 0 saturated carbocycles. The molecule has 0 aromatic carbocycles. The molecule has 5 nitrogen and oxygen atoms in total. The van der Waals surface area contributed by atoms with E-state index >= 15 is 0 Å². The van der Waals surface area contributed by atoms with Crippen molar-refractivity contribution < 1.29 is 9.47 Å². The van der Waals surface area contributed by atoms with Gasteiger partial charge in [0.25, 0.3) is 0 Å². The minimum atomic E-state index is 0.473. The standard InChI is InChI=1S/C10H15N3O2/c1-7-9(11)12-6-13-10(7)15-5-8-2-3-14-4-8/h6,8H,2-5H2,1H3,(H2,11,12,13). The summed E-state index contributed by atoms with van der Waals surface area (Å²) >= 11 is 0. The van der Waals surface area contributed by atoms with Crippen LogP contribution < -0.4 is 10.5 Å². The summed E-state index contributed by atoms with van der Waals surface area (Å²) in [5.41, 5.74) is 6.45. The van der Waals surface area contributed by atoms with Gasteiger partial charge in [-0.05, 0) is 13.3 Å². The first kappa shape index (κ1) is 10.2. The number of ether oxygens (including phenoxy) is 2. The number of nitrogen functional groups attached to an aromatic ring is 1. The topological polar surface area (TPSA) is 70.3 Å². The van der Waals surface area contributed by atoms with Crippen molar-refractivity contribution in [1.29, 1.82) is 0 Å². The number of hydrogen-bond donors (Lipinski definition) is 1. The van der Waals surface area contributed by atoms with Gasteiger partial charge in [-0.2, -0.15) is 0 Å². The van der Waals surface area contributed by atoms with E-state index in [9.17, 15) is 0 Å². The van der Waals surface area contributed by atoms with E-state index in [2.05, 4.69) is 9.97 Å². The molecule has 82 valence electrons. The monoisotopic (exact) mass is 209 g/mol. The normalized spacial score (nSPS) is 20.5. The second-order valence-electron chi connectivity index (χ2n) is 3.73. The van der Waals surface area contributed by atoms with Gasteiger partial charge in [-0.25, -0.2) is 9.97 Å². The molecule has 1 aromatic rings. The lowest BCUT2D eigenvalue weighted by molar-refractivity contribution is 0.165. The Labute approximate surface area is 88.6 Å². The van der Waals surface area contributed by atoms with Crippen LogP contribution in [-0.2, 0) is 4.74 Å². The summed E-state index contributed by atoms with van der Waals surface area (Å²) in [5, 5.41) is 0. The third kappa shape index (κ3) is 2.36. The van der Waals surface area contributed by atoms with Gasteiger partial charge in [-0.3, -0.25) is 0 Å². The van der Waals surface area contributed by atoms with E-state index in [-0.39, 0.29) is 0 Å². The van der Waals surface area contributed by atoms with E-state index in [0.717, 1.165) is 25.2 Å². The molecule has 5 heteroatoms. The summed E-state index contributed by atoms with van der Waals surface area (Å²) in [6, 6.07) is 0. The molecule has 1 aliphatic heterocycles. The van der Waals surface area contributed by atoms with Crippen molar-refractivity contribution in [3.8, 4) is 5.88 Å². The predicted octanol–water partition coefficient (Wildman–Crippen LogP) is 0.783. The quantitative estimate of drug-likeness (QED) is 0.796. The smallest absolute Gasteiger partial charge is 0.221 e. The molecule has 0 amide bonds. The maximum Gasteiger partial charge on any atom is 0.221 e. The molecular formula is C10H15N3O2. The zero-order chi connectivity index (χ0) is 10.7. The summed E-state index contributed by atoms with van der Waals surface area (Å²) in [5.74, 6) is 1.53. The molecule has 0 aliphatic carbocycles. The highest BCUT2D eigenvalue weighted by atomic mass is 16.5. The molecule has 2 rings (SSSR count). The lowest BCUT2D eigenvalue weighted by Crippen LogP contribution is -2.13. The van der Waals surface area contributed by atoms with Crippen LogP contribution in [0.15, 0.2) is 6.33 Å². The van der Waals surface area contributed by atoms with Crippen LogP contribution in [0.1, 0.15) is 12.0 Å². The van der Waals surface area contributed by atoms with Gasteiger partial charge in [0.05, 0.1) is 18.8 Å². The van der Waals surface area contributed by atoms with Crippen molar-refractivity contribution in [3.05, 3.63) is 11.9 Å². The van der Waals surface area contributed by atoms with Crippen LogP contribution in [0.25, 0.3) is 0 Å². The Balaban J connectivity index is 1.95. The van der Waals surface area contributed by atoms with Crippen molar-refractivity contribution in [2.24, 2.45) is 5.92 Å². The van der Waals surface area contributed by atoms with Crippen molar-refractivity contribution in [3.63, 3.8) is 0 Å². The molecular weight excluding hydrogens is 194 g/mol. The summed E-state index contributed by atoms with van der Waals surface area (Å²) in [4.78, 5) is 7.93. The Hall–Kier alpha value is -1.36. The number of rotatable bonds is 3. The van der Waals surface area contributed by atoms with Gasteiger partial charge in [0.1, 0.15) is 12.1 Å². The van der Waals surface area contributed by atoms with Crippen LogP contribution in [0.5, 0.6) is 5.88 Å². The summed E-state index contributed by atoms with van der Waals surface area (Å²) < 4.78 is 10.9. The zero-order valence-electron chi connectivity index (χ0n) is 8.77. The van der Waals surface area contributed by atoms with Crippen LogP contribution in [0, 0.1) is 12.8 Å². The number of nitrogens with two attached hydrogens (primary N) is 1. The molecule has 1 unspecified atom stereocenters. The largest absolute Gasteiger partial charge is 0.477 e. The average Bonchev–Trinajstić information content (AvgIpc) is 2.73. The Morgan fingerprint density at radius 3 is 3.20 bits per heavy atom. The van der Waals surface area contributed by atoms with Gasteiger partial charge in [0, 0.05) is 12.5 Å². The van der Waals surface area contributed by atoms with Crippen LogP contribution in [0.3, 0.4) is 0 Å².